The zero-order chi connectivity index (χ0) is 19.1. The Morgan fingerprint density at radius 3 is 2.85 bits per heavy atom. The first-order valence-corrected chi connectivity index (χ1v) is 8.52. The van der Waals surface area contributed by atoms with Crippen LogP contribution in [0.25, 0.3) is 5.65 Å². The molecule has 27 heavy (non-hydrogen) atoms. The number of carbonyl (C=O) groups excluding carboxylic acids is 1. The SMILES string of the molecule is CNc1cc(Nc2cccn([C@H]3CC[C@H]3O)c2=O)nc2c(C(N)=O)cnn12. The minimum Gasteiger partial charge on any atom is -0.391 e. The second-order valence-electron chi connectivity index (χ2n) is 6.41. The van der Waals surface area contributed by atoms with Crippen LogP contribution in [-0.2, 0) is 0 Å². The number of rotatable bonds is 5. The van der Waals surface area contributed by atoms with Crippen molar-refractivity contribution in [3.63, 3.8) is 0 Å². The lowest BCUT2D eigenvalue weighted by molar-refractivity contribution is 0.0300. The summed E-state index contributed by atoms with van der Waals surface area (Å²) in [4.78, 5) is 28.7. The Balaban J connectivity index is 1.76. The molecule has 0 bridgehead atoms. The number of hydrogen-bond donors (Lipinski definition) is 4. The quantitative estimate of drug-likeness (QED) is 0.512. The summed E-state index contributed by atoms with van der Waals surface area (Å²) in [5, 5.41) is 19.9. The van der Waals surface area contributed by atoms with E-state index in [9.17, 15) is 14.7 Å². The van der Waals surface area contributed by atoms with Crippen LogP contribution >= 0.6 is 0 Å². The van der Waals surface area contributed by atoms with Gasteiger partial charge in [-0.05, 0) is 25.0 Å². The lowest BCUT2D eigenvalue weighted by Gasteiger charge is -2.34. The molecule has 3 aromatic heterocycles. The van der Waals surface area contributed by atoms with Crippen molar-refractivity contribution < 1.29 is 9.90 Å². The van der Waals surface area contributed by atoms with Crippen molar-refractivity contribution in [1.82, 2.24) is 19.2 Å². The first-order chi connectivity index (χ1) is 13.0. The lowest BCUT2D eigenvalue weighted by Crippen LogP contribution is -2.39. The van der Waals surface area contributed by atoms with Crippen LogP contribution in [0, 0.1) is 0 Å². The third-order valence-electron chi connectivity index (χ3n) is 4.79. The van der Waals surface area contributed by atoms with Crippen LogP contribution in [0.1, 0.15) is 29.2 Å². The third-order valence-corrected chi connectivity index (χ3v) is 4.79. The van der Waals surface area contributed by atoms with E-state index < -0.39 is 12.0 Å². The number of aliphatic hydroxyl groups is 1. The molecule has 5 N–H and O–H groups in total. The molecule has 10 nitrogen and oxygen atoms in total. The smallest absolute Gasteiger partial charge is 0.274 e. The predicted molar refractivity (Wildman–Crippen MR) is 99.3 cm³/mol. The summed E-state index contributed by atoms with van der Waals surface area (Å²) in [5.74, 6) is 0.289. The summed E-state index contributed by atoms with van der Waals surface area (Å²) >= 11 is 0. The Morgan fingerprint density at radius 2 is 2.22 bits per heavy atom. The Hall–Kier alpha value is -3.40. The van der Waals surface area contributed by atoms with E-state index in [4.69, 9.17) is 5.73 Å². The van der Waals surface area contributed by atoms with Gasteiger partial charge in [0.15, 0.2) is 5.65 Å². The number of primary amides is 1. The molecule has 1 saturated carbocycles. The second kappa shape index (κ2) is 6.40. The van der Waals surface area contributed by atoms with E-state index in [1.165, 1.54) is 15.3 Å². The van der Waals surface area contributed by atoms with Crippen molar-refractivity contribution in [1.29, 1.82) is 0 Å². The number of aliphatic hydroxyl groups excluding tert-OH is 1. The molecule has 2 atom stereocenters. The van der Waals surface area contributed by atoms with E-state index >= 15 is 0 Å². The molecule has 1 amide bonds. The fourth-order valence-corrected chi connectivity index (χ4v) is 3.17. The largest absolute Gasteiger partial charge is 0.391 e. The van der Waals surface area contributed by atoms with Crippen LogP contribution in [-0.4, -0.2) is 43.3 Å². The summed E-state index contributed by atoms with van der Waals surface area (Å²) in [7, 11) is 1.71. The zero-order valence-electron chi connectivity index (χ0n) is 14.6. The molecule has 1 aliphatic carbocycles. The average molecular weight is 369 g/mol. The third kappa shape index (κ3) is 2.79. The Kier molecular flexibility index (Phi) is 4.04. The highest BCUT2D eigenvalue weighted by atomic mass is 16.3. The molecule has 10 heteroatoms. The molecule has 1 aliphatic rings. The maximum Gasteiger partial charge on any atom is 0.274 e. The molecule has 4 rings (SSSR count). The standard InChI is InChI=1S/C17H19N7O3/c1-19-14-7-13(22-16-9(15(18)26)8-20-24(14)16)21-10-3-2-6-23(17(10)27)11-4-5-12(11)25/h2-3,6-8,11-12,19,25H,4-5H2,1H3,(H2,18,26)(H,21,22)/t11-,12+/m0/s1. The molecule has 0 saturated heterocycles. The number of pyridine rings is 1. The van der Waals surface area contributed by atoms with E-state index in [1.54, 1.807) is 31.4 Å². The van der Waals surface area contributed by atoms with Gasteiger partial charge in [-0.3, -0.25) is 9.59 Å². The fraction of sp³-hybridized carbons (Fsp3) is 0.294. The second-order valence-corrected chi connectivity index (χ2v) is 6.41. The molecule has 140 valence electrons. The summed E-state index contributed by atoms with van der Waals surface area (Å²) < 4.78 is 2.99. The number of nitrogens with zero attached hydrogens (tertiary/aromatic N) is 4. The first-order valence-electron chi connectivity index (χ1n) is 8.52. The van der Waals surface area contributed by atoms with Crippen LogP contribution in [0.2, 0.25) is 0 Å². The number of nitrogens with two attached hydrogens (primary N) is 1. The summed E-state index contributed by atoms with van der Waals surface area (Å²) in [6.07, 6.45) is 3.96. The number of aromatic nitrogens is 4. The zero-order valence-corrected chi connectivity index (χ0v) is 14.6. The van der Waals surface area contributed by atoms with Crippen molar-refractivity contribution >= 4 is 28.9 Å². The van der Waals surface area contributed by atoms with Crippen molar-refractivity contribution in [3.8, 4) is 0 Å². The maximum absolute atomic E-state index is 12.8. The molecule has 0 unspecified atom stereocenters. The lowest BCUT2D eigenvalue weighted by atomic mass is 9.89. The maximum atomic E-state index is 12.8. The van der Waals surface area contributed by atoms with Gasteiger partial charge in [-0.1, -0.05) is 0 Å². The van der Waals surface area contributed by atoms with Gasteiger partial charge in [0.05, 0.1) is 18.3 Å². The molecular weight excluding hydrogens is 350 g/mol. The number of amides is 1. The first kappa shape index (κ1) is 17.0. The highest BCUT2D eigenvalue weighted by Gasteiger charge is 2.31. The molecule has 0 aliphatic heterocycles. The van der Waals surface area contributed by atoms with Crippen LogP contribution in [0.15, 0.2) is 35.4 Å². The van der Waals surface area contributed by atoms with E-state index in [0.717, 1.165) is 6.42 Å². The van der Waals surface area contributed by atoms with Crippen LogP contribution in [0.4, 0.5) is 17.3 Å². The van der Waals surface area contributed by atoms with Gasteiger partial charge in [-0.15, -0.1) is 0 Å². The van der Waals surface area contributed by atoms with E-state index in [-0.39, 0.29) is 22.8 Å². The van der Waals surface area contributed by atoms with Gasteiger partial charge in [0.1, 0.15) is 22.9 Å². The molecular formula is C17H19N7O3. The monoisotopic (exact) mass is 369 g/mol. The predicted octanol–water partition coefficient (Wildman–Crippen LogP) is 0.471. The van der Waals surface area contributed by atoms with Gasteiger partial charge in [0.25, 0.3) is 11.5 Å². The summed E-state index contributed by atoms with van der Waals surface area (Å²) in [5.41, 5.74) is 5.90. The van der Waals surface area contributed by atoms with Gasteiger partial charge in [0, 0.05) is 19.3 Å². The molecule has 3 heterocycles. The number of fused-ring (bicyclic) bond motifs is 1. The molecule has 0 aromatic carbocycles. The Labute approximate surface area is 153 Å². The summed E-state index contributed by atoms with van der Waals surface area (Å²) in [6, 6.07) is 4.83. The molecule has 0 spiro atoms. The minimum absolute atomic E-state index is 0.179. The van der Waals surface area contributed by atoms with Crippen molar-refractivity contribution in [2.45, 2.75) is 25.0 Å². The molecule has 1 fully saturated rings. The van der Waals surface area contributed by atoms with Gasteiger partial charge >= 0.3 is 0 Å². The average Bonchev–Trinajstić information content (AvgIpc) is 3.07. The van der Waals surface area contributed by atoms with Crippen LogP contribution < -0.4 is 21.9 Å². The van der Waals surface area contributed by atoms with E-state index in [0.29, 0.717) is 23.7 Å². The van der Waals surface area contributed by atoms with Crippen LogP contribution in [0.3, 0.4) is 0 Å². The van der Waals surface area contributed by atoms with Gasteiger partial charge in [-0.2, -0.15) is 9.61 Å². The Bertz CT molecular complexity index is 1090. The van der Waals surface area contributed by atoms with Gasteiger partial charge in [-0.25, -0.2) is 4.98 Å². The van der Waals surface area contributed by atoms with Crippen molar-refractivity contribution in [2.24, 2.45) is 5.73 Å². The number of hydrogen-bond acceptors (Lipinski definition) is 7. The number of anilines is 3. The number of carbonyl (C=O) groups is 1. The van der Waals surface area contributed by atoms with Gasteiger partial charge in [0.2, 0.25) is 0 Å². The van der Waals surface area contributed by atoms with Crippen molar-refractivity contribution in [3.05, 3.63) is 46.5 Å². The Morgan fingerprint density at radius 1 is 1.41 bits per heavy atom. The van der Waals surface area contributed by atoms with E-state index in [1.807, 2.05) is 0 Å². The topological polar surface area (TPSA) is 140 Å². The van der Waals surface area contributed by atoms with Gasteiger partial charge < -0.3 is 26.0 Å². The van der Waals surface area contributed by atoms with E-state index in [2.05, 4.69) is 20.7 Å². The highest BCUT2D eigenvalue weighted by molar-refractivity contribution is 5.98. The highest BCUT2D eigenvalue weighted by Crippen LogP contribution is 2.31. The van der Waals surface area contributed by atoms with Crippen molar-refractivity contribution in [2.75, 3.05) is 17.7 Å². The molecule has 0 radical (unpaired) electrons. The minimum atomic E-state index is -0.641. The fourth-order valence-electron chi connectivity index (χ4n) is 3.17. The van der Waals surface area contributed by atoms with Crippen LogP contribution in [0.5, 0.6) is 0 Å². The summed E-state index contributed by atoms with van der Waals surface area (Å²) in [6.45, 7) is 0. The number of nitrogens with one attached hydrogen (secondary N) is 2. The molecule has 3 aromatic rings. The normalized spacial score (nSPS) is 18.9.